The van der Waals surface area contributed by atoms with Crippen molar-refractivity contribution in [1.82, 2.24) is 0 Å². The molecule has 1 aromatic carbocycles. The minimum atomic E-state index is -1.80. The molecular formula is C8H5Cl2F3O. The van der Waals surface area contributed by atoms with Gasteiger partial charge in [0.05, 0.1) is 5.56 Å². The lowest BCUT2D eigenvalue weighted by Crippen LogP contribution is -2.11. The van der Waals surface area contributed by atoms with Gasteiger partial charge in [0.1, 0.15) is 16.8 Å². The highest BCUT2D eigenvalue weighted by Crippen LogP contribution is 2.29. The molecule has 6 heteroatoms. The number of benzene rings is 1. The zero-order valence-electron chi connectivity index (χ0n) is 6.65. The molecule has 1 N–H and O–H groups in total. The molecule has 1 aromatic rings. The molecule has 1 nitrogen and oxygen atoms in total. The highest BCUT2D eigenvalue weighted by molar-refractivity contribution is 6.44. The zero-order chi connectivity index (χ0) is 10.9. The number of halogens is 5. The van der Waals surface area contributed by atoms with Gasteiger partial charge in [-0.2, -0.15) is 0 Å². The van der Waals surface area contributed by atoms with Crippen LogP contribution in [0.1, 0.15) is 11.7 Å². The summed E-state index contributed by atoms with van der Waals surface area (Å²) in [5.41, 5.74) is -0.861. The van der Waals surface area contributed by atoms with Gasteiger partial charge in [0.15, 0.2) is 11.6 Å². The molecule has 0 aliphatic rings. The molecule has 1 atom stereocenters. The number of hydrogen-bond acceptors (Lipinski definition) is 1. The summed E-state index contributed by atoms with van der Waals surface area (Å²) in [5, 5.41) is 9.17. The fourth-order valence-electron chi connectivity index (χ4n) is 0.940. The summed E-state index contributed by atoms with van der Waals surface area (Å²) >= 11 is 10.4. The topological polar surface area (TPSA) is 20.2 Å². The normalized spacial score (nSPS) is 13.4. The van der Waals surface area contributed by atoms with Gasteiger partial charge >= 0.3 is 0 Å². The molecule has 1 unspecified atom stereocenters. The van der Waals surface area contributed by atoms with E-state index in [1.807, 2.05) is 0 Å². The van der Waals surface area contributed by atoms with Crippen LogP contribution in [0.4, 0.5) is 13.2 Å². The van der Waals surface area contributed by atoms with E-state index in [1.54, 1.807) is 0 Å². The molecule has 0 aliphatic carbocycles. The van der Waals surface area contributed by atoms with Crippen LogP contribution in [-0.2, 0) is 0 Å². The van der Waals surface area contributed by atoms with E-state index in [0.717, 1.165) is 0 Å². The van der Waals surface area contributed by atoms with Crippen molar-refractivity contribution in [3.05, 3.63) is 35.1 Å². The Labute approximate surface area is 88.1 Å². The minimum Gasteiger partial charge on any atom is -0.385 e. The van der Waals surface area contributed by atoms with Gasteiger partial charge in [-0.15, -0.1) is 23.2 Å². The van der Waals surface area contributed by atoms with Gasteiger partial charge in [-0.25, -0.2) is 13.2 Å². The third kappa shape index (κ3) is 2.13. The second kappa shape index (κ2) is 4.38. The van der Waals surface area contributed by atoms with Gasteiger partial charge in [0.25, 0.3) is 0 Å². The lowest BCUT2D eigenvalue weighted by Gasteiger charge is -2.13. The monoisotopic (exact) mass is 244 g/mol. The summed E-state index contributed by atoms with van der Waals surface area (Å²) in [7, 11) is 0. The van der Waals surface area contributed by atoms with E-state index < -0.39 is 34.0 Å². The molecule has 14 heavy (non-hydrogen) atoms. The fourth-order valence-corrected chi connectivity index (χ4v) is 1.19. The maximum absolute atomic E-state index is 13.0. The van der Waals surface area contributed by atoms with Gasteiger partial charge in [0.2, 0.25) is 0 Å². The summed E-state index contributed by atoms with van der Waals surface area (Å²) < 4.78 is 38.6. The Hall–Kier alpha value is -0.450. The summed E-state index contributed by atoms with van der Waals surface area (Å²) in [6.07, 6.45) is -1.80. The van der Waals surface area contributed by atoms with Crippen LogP contribution in [0, 0.1) is 17.5 Å². The van der Waals surface area contributed by atoms with Gasteiger partial charge in [-0.05, 0) is 12.1 Å². The van der Waals surface area contributed by atoms with Crippen molar-refractivity contribution in [1.29, 1.82) is 0 Å². The smallest absolute Gasteiger partial charge is 0.167 e. The van der Waals surface area contributed by atoms with Crippen LogP contribution in [0.5, 0.6) is 0 Å². The van der Waals surface area contributed by atoms with Gasteiger partial charge < -0.3 is 5.11 Å². The average molecular weight is 245 g/mol. The van der Waals surface area contributed by atoms with E-state index >= 15 is 0 Å². The molecule has 0 radical (unpaired) electrons. The molecule has 0 saturated carbocycles. The third-order valence-corrected chi connectivity index (χ3v) is 2.09. The second-order valence-corrected chi connectivity index (χ2v) is 3.70. The van der Waals surface area contributed by atoms with E-state index in [-0.39, 0.29) is 0 Å². The third-order valence-electron chi connectivity index (χ3n) is 1.61. The zero-order valence-corrected chi connectivity index (χ0v) is 8.16. The van der Waals surface area contributed by atoms with E-state index in [0.29, 0.717) is 12.1 Å². The number of aliphatic hydroxyl groups excluding tert-OH is 1. The highest BCUT2D eigenvalue weighted by atomic mass is 35.5. The van der Waals surface area contributed by atoms with Crippen molar-refractivity contribution in [2.75, 3.05) is 0 Å². The number of rotatable bonds is 2. The molecule has 0 spiro atoms. The van der Waals surface area contributed by atoms with Crippen LogP contribution < -0.4 is 0 Å². The molecule has 0 amide bonds. The van der Waals surface area contributed by atoms with Crippen molar-refractivity contribution in [2.45, 2.75) is 10.9 Å². The van der Waals surface area contributed by atoms with Crippen LogP contribution in [0.2, 0.25) is 0 Å². The van der Waals surface area contributed by atoms with Crippen LogP contribution in [0.3, 0.4) is 0 Å². The van der Waals surface area contributed by atoms with Crippen LogP contribution in [-0.4, -0.2) is 9.94 Å². The minimum absolute atomic E-state index is 0.609. The summed E-state index contributed by atoms with van der Waals surface area (Å²) in [6.45, 7) is 0. The van der Waals surface area contributed by atoms with E-state index in [9.17, 15) is 18.3 Å². The fraction of sp³-hybridized carbons (Fsp3) is 0.250. The first-order valence-corrected chi connectivity index (χ1v) is 4.42. The molecule has 0 heterocycles. The molecule has 0 aliphatic heterocycles. The predicted molar refractivity (Wildman–Crippen MR) is 46.8 cm³/mol. The van der Waals surface area contributed by atoms with Crippen LogP contribution in [0.25, 0.3) is 0 Å². The Morgan fingerprint density at radius 3 is 2.07 bits per heavy atom. The molecule has 1 rings (SSSR count). The van der Waals surface area contributed by atoms with Crippen LogP contribution in [0.15, 0.2) is 12.1 Å². The van der Waals surface area contributed by atoms with Gasteiger partial charge in [0, 0.05) is 0 Å². The molecule has 78 valence electrons. The van der Waals surface area contributed by atoms with E-state index in [1.165, 1.54) is 0 Å². The summed E-state index contributed by atoms with van der Waals surface area (Å²) in [5.74, 6) is -3.85. The Kier molecular flexibility index (Phi) is 3.64. The standard InChI is InChI=1S/C8H5Cl2F3O/c9-8(10)7(14)5-3(11)1-2-4(12)6(5)13/h1-2,7-8,14H. The Balaban J connectivity index is 3.25. The van der Waals surface area contributed by atoms with Crippen LogP contribution >= 0.6 is 23.2 Å². The second-order valence-electron chi connectivity index (χ2n) is 2.54. The van der Waals surface area contributed by atoms with Gasteiger partial charge in [-0.3, -0.25) is 0 Å². The lowest BCUT2D eigenvalue weighted by molar-refractivity contribution is 0.180. The first-order valence-electron chi connectivity index (χ1n) is 3.54. The van der Waals surface area contributed by atoms with E-state index in [4.69, 9.17) is 23.2 Å². The Morgan fingerprint density at radius 1 is 1.07 bits per heavy atom. The van der Waals surface area contributed by atoms with E-state index in [2.05, 4.69) is 0 Å². The highest BCUT2D eigenvalue weighted by Gasteiger charge is 2.25. The maximum Gasteiger partial charge on any atom is 0.167 e. The SMILES string of the molecule is OC(c1c(F)ccc(F)c1F)C(Cl)Cl. The van der Waals surface area contributed by atoms with Crippen molar-refractivity contribution in [2.24, 2.45) is 0 Å². The van der Waals surface area contributed by atoms with Crippen molar-refractivity contribution >= 4 is 23.2 Å². The Morgan fingerprint density at radius 2 is 1.57 bits per heavy atom. The number of alkyl halides is 2. The first-order chi connectivity index (χ1) is 6.45. The molecular weight excluding hydrogens is 240 g/mol. The number of hydrogen-bond donors (Lipinski definition) is 1. The van der Waals surface area contributed by atoms with Gasteiger partial charge in [-0.1, -0.05) is 0 Å². The molecule has 0 aromatic heterocycles. The molecule has 0 fully saturated rings. The Bertz CT molecular complexity index is 344. The summed E-state index contributed by atoms with van der Waals surface area (Å²) in [6, 6.07) is 1.30. The average Bonchev–Trinajstić information content (AvgIpc) is 2.12. The molecule has 0 bridgehead atoms. The quantitative estimate of drug-likeness (QED) is 0.627. The maximum atomic E-state index is 13.0. The van der Waals surface area contributed by atoms with Crippen molar-refractivity contribution in [3.8, 4) is 0 Å². The van der Waals surface area contributed by atoms with Crippen molar-refractivity contribution < 1.29 is 18.3 Å². The lowest BCUT2D eigenvalue weighted by atomic mass is 10.1. The summed E-state index contributed by atoms with van der Waals surface area (Å²) in [4.78, 5) is -1.43. The number of aliphatic hydroxyl groups is 1. The molecule has 0 saturated heterocycles. The first kappa shape index (κ1) is 11.6. The van der Waals surface area contributed by atoms with Crippen molar-refractivity contribution in [3.63, 3.8) is 0 Å². The predicted octanol–water partition coefficient (Wildman–Crippen LogP) is 2.94. The largest absolute Gasteiger partial charge is 0.385 e.